The second-order valence-corrected chi connectivity index (χ2v) is 0. The van der Waals surface area contributed by atoms with E-state index in [0.717, 1.165) is 0 Å². The first-order chi connectivity index (χ1) is 0. The van der Waals surface area contributed by atoms with E-state index in [-0.39, 0.29) is 110 Å². The molecule has 0 spiro atoms. The molecule has 1 radical (unpaired) electrons. The van der Waals surface area contributed by atoms with Gasteiger partial charge in [-0.25, -0.2) is 0 Å². The van der Waals surface area contributed by atoms with Gasteiger partial charge in [-0.2, -0.15) is 0 Å². The third-order valence-corrected chi connectivity index (χ3v) is 0. The van der Waals surface area contributed by atoms with Crippen molar-refractivity contribution in [3.05, 3.63) is 0 Å². The fourth-order valence-electron chi connectivity index (χ4n) is 0. The van der Waals surface area contributed by atoms with E-state index in [1.54, 1.807) is 0 Å². The Morgan fingerprint density at radius 3 is 1.00 bits per heavy atom. The molecular weight excluding hydrogens is 491 g/mol. The van der Waals surface area contributed by atoms with E-state index in [1.807, 2.05) is 0 Å². The predicted molar refractivity (Wildman–Crippen MR) is 9.94 cm³/mol. The molecule has 0 N–H and O–H groups in total. The third-order valence-electron chi connectivity index (χ3n) is 0. The fraction of sp³-hybridized carbons (Fsp3) is 0. The molecule has 4 heavy (non-hydrogen) atoms. The Balaban J connectivity index is 0. The van der Waals surface area contributed by atoms with Crippen molar-refractivity contribution in [2.75, 3.05) is 0 Å². The van der Waals surface area contributed by atoms with Gasteiger partial charge in [0.05, 0.1) is 0 Å². The normalized spacial score (nSPS) is 0. The standard InChI is InChI=1S/Ce.Sb.Ta.Ti.3H. The first-order valence-electron chi connectivity index (χ1n) is 0. The predicted octanol–water partition coefficient (Wildman–Crippen LogP) is -1.19. The summed E-state index contributed by atoms with van der Waals surface area (Å²) in [6.07, 6.45) is 0. The molecule has 0 aliphatic carbocycles. The maximum atomic E-state index is 0. The molecule has 0 saturated heterocycles. The van der Waals surface area contributed by atoms with E-state index in [2.05, 4.69) is 0 Å². The van der Waals surface area contributed by atoms with Crippen molar-refractivity contribution in [1.29, 1.82) is 0 Å². The van der Waals surface area contributed by atoms with Crippen LogP contribution < -0.4 is 0 Å². The van der Waals surface area contributed by atoms with Gasteiger partial charge < -0.3 is 0 Å². The Kier molecular flexibility index (Phi) is 101. The summed E-state index contributed by atoms with van der Waals surface area (Å²) in [7, 11) is 0. The van der Waals surface area contributed by atoms with Gasteiger partial charge in [-0.1, -0.05) is 0 Å². The molecule has 0 unspecified atom stereocenters. The summed E-state index contributed by atoms with van der Waals surface area (Å²) in [4.78, 5) is 0. The van der Waals surface area contributed by atoms with Gasteiger partial charge in [0.15, 0.2) is 0 Å². The Morgan fingerprint density at radius 1 is 1.00 bits per heavy atom. The van der Waals surface area contributed by atoms with E-state index in [1.165, 1.54) is 0 Å². The van der Waals surface area contributed by atoms with E-state index in [0.29, 0.717) is 0 Å². The van der Waals surface area contributed by atoms with Gasteiger partial charge in [0.2, 0.25) is 0 Å². The minimum atomic E-state index is 0. The van der Waals surface area contributed by atoms with Crippen LogP contribution in [0.15, 0.2) is 0 Å². The first-order valence-corrected chi connectivity index (χ1v) is 0. The van der Waals surface area contributed by atoms with Crippen molar-refractivity contribution in [2.45, 2.75) is 0 Å². The van der Waals surface area contributed by atoms with Crippen molar-refractivity contribution in [2.24, 2.45) is 0 Å². The molecular formula is H3CeSbTaTi. The molecule has 21 valence electrons. The van der Waals surface area contributed by atoms with Gasteiger partial charge in [-0.3, -0.25) is 0 Å². The molecule has 0 aromatic heterocycles. The smallest absolute Gasteiger partial charge is 0 e. The van der Waals surface area contributed by atoms with Gasteiger partial charge >= 0.3 is 24.4 Å². The minimum absolute atomic E-state index is 0. The number of rotatable bonds is 0. The molecule has 0 aromatic rings. The van der Waals surface area contributed by atoms with Crippen LogP contribution in [0.2, 0.25) is 0 Å². The Morgan fingerprint density at radius 2 is 1.00 bits per heavy atom. The average Bonchev–Trinajstić information content (AvgIpc) is 0. The Labute approximate surface area is 107 Å². The molecule has 0 rings (SSSR count). The van der Waals surface area contributed by atoms with Crippen molar-refractivity contribution in [3.8, 4) is 0 Å². The van der Waals surface area contributed by atoms with Gasteiger partial charge in [-0.05, 0) is 0 Å². The molecule has 0 saturated carbocycles. The number of hydrogen-bond donors (Lipinski definition) is 0. The van der Waals surface area contributed by atoms with Crippen LogP contribution in [0.25, 0.3) is 0 Å². The van der Waals surface area contributed by atoms with Crippen LogP contribution in [0.3, 0.4) is 0 Å². The second kappa shape index (κ2) is 15.9. The van der Waals surface area contributed by atoms with Crippen LogP contribution in [0.1, 0.15) is 0 Å². The van der Waals surface area contributed by atoms with E-state index < -0.39 is 0 Å². The zero-order valence-electron chi connectivity index (χ0n) is 2.15. The average molecular weight is 494 g/mol. The molecule has 0 aliphatic rings. The maximum absolute atomic E-state index is 0. The van der Waals surface area contributed by atoms with Crippen LogP contribution in [-0.4, -0.2) is 24.4 Å². The van der Waals surface area contributed by atoms with Gasteiger partial charge in [0.25, 0.3) is 0 Å². The van der Waals surface area contributed by atoms with Crippen LogP contribution in [0, 0.1) is 41.7 Å². The molecule has 0 amide bonds. The summed E-state index contributed by atoms with van der Waals surface area (Å²) in [5.74, 6) is 0. The van der Waals surface area contributed by atoms with Crippen molar-refractivity contribution >= 4 is 24.4 Å². The van der Waals surface area contributed by atoms with Crippen LogP contribution in [-0.2, 0) is 44.1 Å². The summed E-state index contributed by atoms with van der Waals surface area (Å²) >= 11 is 0. The third kappa shape index (κ3) is 9.17. The molecule has 0 aliphatic heterocycles. The molecule has 0 heterocycles. The van der Waals surface area contributed by atoms with Crippen LogP contribution in [0.4, 0.5) is 0 Å². The van der Waals surface area contributed by atoms with Crippen molar-refractivity contribution in [1.82, 2.24) is 0 Å². The zero-order chi connectivity index (χ0) is 0. The largest absolute Gasteiger partial charge is 0 e. The maximum Gasteiger partial charge on any atom is 0 e. The number of hydrogen-bond acceptors (Lipinski definition) is 0. The molecule has 0 nitrogen and oxygen atoms in total. The second-order valence-electron chi connectivity index (χ2n) is 0. The van der Waals surface area contributed by atoms with Crippen LogP contribution >= 0.6 is 0 Å². The van der Waals surface area contributed by atoms with E-state index in [9.17, 15) is 0 Å². The Bertz CT molecular complexity index is 8.00. The molecule has 0 aromatic carbocycles. The van der Waals surface area contributed by atoms with E-state index in [4.69, 9.17) is 0 Å². The van der Waals surface area contributed by atoms with Gasteiger partial charge in [-0.15, -0.1) is 0 Å². The summed E-state index contributed by atoms with van der Waals surface area (Å²) < 4.78 is 0. The minimum Gasteiger partial charge on any atom is 0 e. The SMILES string of the molecule is [Ce].[SbH3].[Ta].[Ti]. The first kappa shape index (κ1) is 25.4. The fourth-order valence-corrected chi connectivity index (χ4v) is 0. The summed E-state index contributed by atoms with van der Waals surface area (Å²) in [6, 6.07) is 0. The Hall–Kier alpha value is 3.65. The van der Waals surface area contributed by atoms with Crippen LogP contribution in [0.5, 0.6) is 0 Å². The quantitative estimate of drug-likeness (QED) is 0.373. The summed E-state index contributed by atoms with van der Waals surface area (Å²) in [6.45, 7) is 0. The summed E-state index contributed by atoms with van der Waals surface area (Å²) in [5.41, 5.74) is 0. The zero-order valence-corrected chi connectivity index (χ0v) is 14.1. The summed E-state index contributed by atoms with van der Waals surface area (Å²) in [5, 5.41) is 0. The molecule has 0 atom stereocenters. The molecule has 0 fully saturated rings. The van der Waals surface area contributed by atoms with Gasteiger partial charge in [0.1, 0.15) is 0 Å². The van der Waals surface area contributed by atoms with Crippen molar-refractivity contribution < 1.29 is 85.8 Å². The van der Waals surface area contributed by atoms with Gasteiger partial charge in [0, 0.05) is 85.8 Å². The molecule has 0 bridgehead atoms. The van der Waals surface area contributed by atoms with Crippen molar-refractivity contribution in [3.63, 3.8) is 0 Å². The van der Waals surface area contributed by atoms with E-state index >= 15 is 0 Å². The molecule has 4 heteroatoms. The monoisotopic (exact) mass is 493 g/mol. The topological polar surface area (TPSA) is 0 Å².